The number of hydrogen-bond donors (Lipinski definition) is 0. The first-order valence-corrected chi connectivity index (χ1v) is 30.1. The van der Waals surface area contributed by atoms with Gasteiger partial charge in [0.15, 0.2) is 0 Å². The molecule has 0 unspecified atom stereocenters. The topological polar surface area (TPSA) is 17.6 Å². The van der Waals surface area contributed by atoms with Gasteiger partial charge >= 0.3 is 414 Å². The van der Waals surface area contributed by atoms with E-state index in [0.717, 1.165) is 0 Å². The fourth-order valence-electron chi connectivity index (χ4n) is 12.2. The molecule has 8 heteroatoms. The summed E-state index contributed by atoms with van der Waals surface area (Å²) < 4.78 is 11.5. The minimum absolute atomic E-state index is 0.0907. The number of aromatic nitrogens is 4. The van der Waals surface area contributed by atoms with Crippen LogP contribution in [0.4, 0.5) is 0 Å². The van der Waals surface area contributed by atoms with E-state index < -0.39 is 10.2 Å². The molecule has 0 radical (unpaired) electrons. The van der Waals surface area contributed by atoms with Crippen LogP contribution in [0.5, 0.6) is 0 Å². The van der Waals surface area contributed by atoms with Gasteiger partial charge in [-0.3, -0.25) is 0 Å². The minimum atomic E-state index is -1.77. The third-order valence-electron chi connectivity index (χ3n) is 14.5. The molecule has 68 heavy (non-hydrogen) atoms. The third kappa shape index (κ3) is 6.21. The van der Waals surface area contributed by atoms with E-state index in [4.69, 9.17) is 0 Å². The Bertz CT molecular complexity index is 3280. The van der Waals surface area contributed by atoms with Crippen LogP contribution in [0.25, 0.3) is 56.4 Å². The van der Waals surface area contributed by atoms with E-state index in [1.807, 2.05) is 0 Å². The zero-order valence-electron chi connectivity index (χ0n) is 39.4. The summed E-state index contributed by atoms with van der Waals surface area (Å²) in [7, 11) is 0. The number of aryl methyl sites for hydroxylation is 6. The van der Waals surface area contributed by atoms with E-state index in [1.165, 1.54) is 112 Å². The van der Waals surface area contributed by atoms with Crippen LogP contribution in [-0.2, 0) is 0 Å². The molecule has 2 atom stereocenters. The van der Waals surface area contributed by atoms with Crippen LogP contribution in [0, 0.1) is 41.5 Å². The molecule has 8 aromatic carbocycles. The van der Waals surface area contributed by atoms with E-state index >= 15 is 0 Å². The van der Waals surface area contributed by atoms with Crippen molar-refractivity contribution in [1.29, 1.82) is 0 Å². The summed E-state index contributed by atoms with van der Waals surface area (Å²) in [5, 5.41) is -3.55. The first kappa shape index (κ1) is 42.7. The molecule has 2 aromatic heterocycles. The fraction of sp³-hybridized carbons (Fsp3) is 0.100. The van der Waals surface area contributed by atoms with Gasteiger partial charge in [-0.25, -0.2) is 0 Å². The number of hydrogen-bond acceptors (Lipinski definition) is 0. The van der Waals surface area contributed by atoms with Crippen molar-refractivity contribution in [1.82, 2.24) is 9.13 Å². The zero-order valence-corrected chi connectivity index (χ0v) is 42.8. The van der Waals surface area contributed by atoms with Crippen LogP contribution in [0.2, 0.25) is 0 Å². The molecule has 330 valence electrons. The maximum absolute atomic E-state index is 2.98. The van der Waals surface area contributed by atoms with Crippen LogP contribution < -0.4 is 31.3 Å². The first-order valence-electron chi connectivity index (χ1n) is 23.8. The molecule has 0 fully saturated rings. The SMILES string of the molecule is Cc1cc(C)c(-n2c(-c3ccccc3)c(-c3ccccc3)[n+]3c2[B@-]2(c4ccccc4)[Se][Se][B@@-]3(c3ccccc3)c3n(-c4c(C)cc(C)cc4C)c(-c4ccccc4)c(-c4ccccc4)[n+]32)c(C)c1. The Labute approximate surface area is 411 Å². The summed E-state index contributed by atoms with van der Waals surface area (Å²) in [5.74, 6) is 0. The zero-order chi connectivity index (χ0) is 46.3. The summed E-state index contributed by atoms with van der Waals surface area (Å²) in [5.41, 5.74) is 25.6. The van der Waals surface area contributed by atoms with Crippen LogP contribution in [0.15, 0.2) is 206 Å². The Morgan fingerprint density at radius 1 is 0.338 bits per heavy atom. The summed E-state index contributed by atoms with van der Waals surface area (Å²) in [6, 6.07) is 78.2. The molecule has 0 saturated heterocycles. The van der Waals surface area contributed by atoms with Gasteiger partial charge in [0.05, 0.1) is 0 Å². The van der Waals surface area contributed by atoms with Gasteiger partial charge in [-0.05, 0) is 0 Å². The van der Waals surface area contributed by atoms with E-state index in [2.05, 4.69) is 266 Å². The summed E-state index contributed by atoms with van der Waals surface area (Å²) in [6.45, 7) is 13.8. The standard InChI is InChI=1S/C60H52B2N4Se2/c1-41-37-43(3)53(44(4)38-41)63-55(47-25-13-7-14-26-47)57(49-29-17-9-18-30-49)65-59(63)61(51-33-21-11-22-34-51)66-58(50-31-19-10-20-32-50)56(48-27-15-8-16-28-48)64(54-45(5)39-42(2)40-46(54)6)60(66)62(65,68-67-61)52-35-23-12-24-36-52/h7-40H,1-6H3/t61-,62-/m0/s1. The molecule has 5 heterocycles. The van der Waals surface area contributed by atoms with Crippen LogP contribution >= 0.6 is 0 Å². The Hall–Kier alpha value is -6.65. The second kappa shape index (κ2) is 16.5. The van der Waals surface area contributed by atoms with E-state index in [1.54, 1.807) is 0 Å². The van der Waals surface area contributed by atoms with Crippen LogP contribution in [0.3, 0.4) is 0 Å². The first-order chi connectivity index (χ1) is 33.2. The molecule has 0 N–H and O–H groups in total. The predicted molar refractivity (Wildman–Crippen MR) is 287 cm³/mol. The Morgan fingerprint density at radius 3 is 0.897 bits per heavy atom. The number of benzene rings is 8. The predicted octanol–water partition coefficient (Wildman–Crippen LogP) is 9.22. The molecule has 3 aliphatic rings. The van der Waals surface area contributed by atoms with Gasteiger partial charge in [0.1, 0.15) is 0 Å². The van der Waals surface area contributed by atoms with Crippen LogP contribution in [-0.4, -0.2) is 45.2 Å². The van der Waals surface area contributed by atoms with Crippen molar-refractivity contribution in [2.75, 3.05) is 0 Å². The van der Waals surface area contributed by atoms with Crippen molar-refractivity contribution in [2.24, 2.45) is 0 Å². The van der Waals surface area contributed by atoms with E-state index in [9.17, 15) is 0 Å². The van der Waals surface area contributed by atoms with Crippen LogP contribution in [0.1, 0.15) is 33.4 Å². The Kier molecular flexibility index (Phi) is 10.4. The van der Waals surface area contributed by atoms with Gasteiger partial charge in [0.2, 0.25) is 0 Å². The van der Waals surface area contributed by atoms with Crippen molar-refractivity contribution >= 4 is 58.5 Å². The van der Waals surface area contributed by atoms with Gasteiger partial charge in [-0.1, -0.05) is 0 Å². The molecule has 2 bridgehead atoms. The monoisotopic (exact) mass is 1010 g/mol. The molecule has 0 saturated carbocycles. The van der Waals surface area contributed by atoms with E-state index in [-0.39, 0.29) is 25.9 Å². The second-order valence-electron chi connectivity index (χ2n) is 19.0. The van der Waals surface area contributed by atoms with Crippen molar-refractivity contribution in [3.63, 3.8) is 0 Å². The molecular weight excluding hydrogens is 956 g/mol. The van der Waals surface area contributed by atoms with Gasteiger partial charge in [-0.15, -0.1) is 0 Å². The van der Waals surface area contributed by atoms with Crippen molar-refractivity contribution < 1.29 is 8.96 Å². The maximum atomic E-state index is 2.98. The third-order valence-corrected chi connectivity index (χ3v) is 26.1. The number of fused-ring (bicyclic) bond motifs is 1. The molecule has 0 amide bonds. The molecule has 3 aliphatic heterocycles. The van der Waals surface area contributed by atoms with Gasteiger partial charge < -0.3 is 0 Å². The second-order valence-corrected chi connectivity index (χ2v) is 26.8. The molecule has 0 aliphatic carbocycles. The number of rotatable bonds is 8. The quantitative estimate of drug-likeness (QED) is 0.135. The number of nitrogens with zero attached hydrogens (tertiary/aromatic N) is 4. The van der Waals surface area contributed by atoms with Crippen molar-refractivity contribution in [3.05, 3.63) is 240 Å². The Morgan fingerprint density at radius 2 is 0.603 bits per heavy atom. The van der Waals surface area contributed by atoms with Crippen molar-refractivity contribution in [3.8, 4) is 56.4 Å². The van der Waals surface area contributed by atoms with Gasteiger partial charge in [-0.2, -0.15) is 0 Å². The molecule has 4 nitrogen and oxygen atoms in total. The molecule has 0 spiro atoms. The molecule has 13 rings (SSSR count). The average molecular weight is 1010 g/mol. The molecule has 10 aromatic rings. The van der Waals surface area contributed by atoms with E-state index in [0.29, 0.717) is 0 Å². The molecular formula is C60H52B2N4Se2. The number of imidazole rings is 2. The summed E-state index contributed by atoms with van der Waals surface area (Å²) in [6.07, 6.45) is 0. The van der Waals surface area contributed by atoms with Crippen molar-refractivity contribution in [2.45, 2.75) is 41.5 Å². The average Bonchev–Trinajstić information content (AvgIpc) is 3.92. The summed E-state index contributed by atoms with van der Waals surface area (Å²) in [4.78, 5) is 0. The Balaban J connectivity index is 1.44. The normalized spacial score (nSPS) is 17.0. The van der Waals surface area contributed by atoms with Gasteiger partial charge in [0, 0.05) is 0 Å². The summed E-state index contributed by atoms with van der Waals surface area (Å²) >= 11 is 0.181. The fourth-order valence-corrected chi connectivity index (χ4v) is 26.3. The van der Waals surface area contributed by atoms with Gasteiger partial charge in [0.25, 0.3) is 0 Å².